The fourth-order valence-electron chi connectivity index (χ4n) is 12.2. The van der Waals surface area contributed by atoms with E-state index >= 15 is 0 Å². The molecule has 5 aromatic heterocycles. The summed E-state index contributed by atoms with van der Waals surface area (Å²) in [4.78, 5) is 84.2. The SMILES string of the molecule is C.C.COC(=O)C(=O)CBr.COC(=O)C1(CBr)NCCc2c1[nH]c1ccccc21.COC(=O)C1=Cc2[nH]c3ccccc3c2CCN1.COC(=O)C1Cc2[nH]c3ccccc3c2CCN1.COC(=O)C1Cc2[nH]c3ccccc3c2CCN1.Cl.NCCc1c[nH]c2ccccc12. The van der Waals surface area contributed by atoms with Crippen molar-refractivity contribution in [2.45, 2.75) is 77.4 Å². The van der Waals surface area contributed by atoms with Crippen LogP contribution in [0.1, 0.15) is 65.4 Å². The van der Waals surface area contributed by atoms with E-state index in [0.717, 1.165) is 103 Å². The van der Waals surface area contributed by atoms with E-state index in [4.69, 9.17) is 24.7 Å². The molecule has 0 aliphatic carbocycles. The normalized spacial score (nSPS) is 16.4. The minimum atomic E-state index is -0.818. The third kappa shape index (κ3) is 17.5. The first-order valence-corrected chi connectivity index (χ1v) is 32.8. The van der Waals surface area contributed by atoms with Gasteiger partial charge in [0.15, 0.2) is 5.54 Å². The second-order valence-corrected chi connectivity index (χ2v) is 23.3. The zero-order chi connectivity index (χ0) is 66.0. The Bertz CT molecular complexity index is 4180. The van der Waals surface area contributed by atoms with Crippen LogP contribution in [-0.4, -0.2) is 152 Å². The zero-order valence-electron chi connectivity index (χ0n) is 53.0. The molecule has 0 saturated heterocycles. The van der Waals surface area contributed by atoms with Gasteiger partial charge >= 0.3 is 29.8 Å². The van der Waals surface area contributed by atoms with Crippen LogP contribution >= 0.6 is 44.3 Å². The van der Waals surface area contributed by atoms with Crippen molar-refractivity contribution in [3.8, 4) is 0 Å². The summed E-state index contributed by atoms with van der Waals surface area (Å²) >= 11 is 6.26. The molecule has 0 spiro atoms. The second kappa shape index (κ2) is 36.5. The highest BCUT2D eigenvalue weighted by Crippen LogP contribution is 2.36. The number of nitrogens with two attached hydrogens (primary N) is 1. The van der Waals surface area contributed by atoms with Crippen LogP contribution in [0.3, 0.4) is 0 Å². The Morgan fingerprint density at radius 1 is 0.531 bits per heavy atom. The third-order valence-corrected chi connectivity index (χ3v) is 18.1. The molecular formula is C72H87Br2ClN10O11. The number of alkyl halides is 2. The maximum atomic E-state index is 12.2. The van der Waals surface area contributed by atoms with Gasteiger partial charge in [-0.05, 0) is 103 Å². The molecule has 512 valence electrons. The standard InChI is InChI=1S/C14H15BrN2O2.2C14H16N2O2.C14H14N2O2.C10H12N2.C4H5BrO3.2CH4.ClH/c1-19-13(18)14(8-15)12-10(6-7-16-14)9-4-2-3-5-11(9)17-12;3*1-18-14(17)13-8-12-10(6-7-15-13)9-4-2-3-5-11(9)16-12;11-6-5-8-7-12-10-4-2-1-3-9(8)10;1-8-4(7)3(6)2-5;;;/h2-5,16-17H,6-8H2,1H3;2*2-5,13,15-16H,6-8H2,1H3;2-5,8,15-16H,6-7H2,1H3;1-4,7,12H,5-6,11H2;2H2,1H3;2*1H4;1H. The molecule has 11 N–H and O–H groups in total. The van der Waals surface area contributed by atoms with Crippen LogP contribution in [0, 0.1) is 0 Å². The lowest BCUT2D eigenvalue weighted by Crippen LogP contribution is -2.55. The average Bonchev–Trinajstić information content (AvgIpc) is 1.57. The van der Waals surface area contributed by atoms with Gasteiger partial charge in [0.2, 0.25) is 5.78 Å². The maximum absolute atomic E-state index is 12.2. The Morgan fingerprint density at radius 3 is 1.46 bits per heavy atom. The Hall–Kier alpha value is -8.55. The molecule has 10 aromatic rings. The number of ketones is 1. The van der Waals surface area contributed by atoms with E-state index in [1.807, 2.05) is 79.0 Å². The number of para-hydroxylation sites is 5. The van der Waals surface area contributed by atoms with Crippen molar-refractivity contribution in [2.75, 3.05) is 78.9 Å². The highest BCUT2D eigenvalue weighted by atomic mass is 79.9. The number of halogens is 3. The smallest absolute Gasteiger partial charge is 0.375 e. The second-order valence-electron chi connectivity index (χ2n) is 22.2. The number of carbonyl (C=O) groups excluding carboxylic acids is 6. The number of nitrogens with one attached hydrogen (secondary N) is 9. The predicted octanol–water partition coefficient (Wildman–Crippen LogP) is 10.2. The van der Waals surface area contributed by atoms with Crippen molar-refractivity contribution < 1.29 is 52.5 Å². The monoisotopic (exact) mass is 1460 g/mol. The number of hydrogen-bond donors (Lipinski definition) is 10. The lowest BCUT2D eigenvalue weighted by atomic mass is 9.88. The predicted molar refractivity (Wildman–Crippen MR) is 389 cm³/mol. The minimum Gasteiger partial charge on any atom is -0.468 e. The van der Waals surface area contributed by atoms with Gasteiger partial charge in [-0.15, -0.1) is 12.4 Å². The number of H-pyrrole nitrogens is 5. The summed E-state index contributed by atoms with van der Waals surface area (Å²) in [6.45, 7) is 3.80. The molecule has 0 radical (unpaired) electrons. The number of rotatable bonds is 9. The van der Waals surface area contributed by atoms with Crippen LogP contribution in [0.2, 0.25) is 0 Å². The molecule has 4 aliphatic heterocycles. The molecule has 0 fully saturated rings. The summed E-state index contributed by atoms with van der Waals surface area (Å²) in [6, 6.07) is 40.6. The summed E-state index contributed by atoms with van der Waals surface area (Å²) in [5.74, 6) is -2.35. The average molecular weight is 1460 g/mol. The van der Waals surface area contributed by atoms with Crippen LogP contribution in [0.15, 0.2) is 133 Å². The molecule has 0 saturated carbocycles. The first-order chi connectivity index (χ1) is 45.2. The molecule has 96 heavy (non-hydrogen) atoms. The number of ether oxygens (including phenoxy) is 5. The molecule has 3 unspecified atom stereocenters. The van der Waals surface area contributed by atoms with Crippen molar-refractivity contribution in [1.29, 1.82) is 0 Å². The van der Waals surface area contributed by atoms with Crippen molar-refractivity contribution in [3.63, 3.8) is 0 Å². The van der Waals surface area contributed by atoms with Crippen LogP contribution in [0.25, 0.3) is 60.6 Å². The quantitative estimate of drug-likeness (QED) is 0.0278. The number of benzene rings is 5. The molecule has 14 rings (SSSR count). The van der Waals surface area contributed by atoms with Gasteiger partial charge in [-0.25, -0.2) is 14.4 Å². The number of methoxy groups -OCH3 is 5. The fraction of sp³-hybridized carbons (Fsp3) is 0.333. The number of aromatic nitrogens is 5. The van der Waals surface area contributed by atoms with Crippen LogP contribution in [-0.2, 0) is 103 Å². The van der Waals surface area contributed by atoms with E-state index in [1.165, 1.54) is 95.8 Å². The van der Waals surface area contributed by atoms with Crippen molar-refractivity contribution in [1.82, 2.24) is 46.2 Å². The third-order valence-electron chi connectivity index (χ3n) is 16.8. The highest BCUT2D eigenvalue weighted by molar-refractivity contribution is 9.09. The largest absolute Gasteiger partial charge is 0.468 e. The van der Waals surface area contributed by atoms with Gasteiger partial charge in [-0.2, -0.15) is 0 Å². The summed E-state index contributed by atoms with van der Waals surface area (Å²) in [5.41, 5.74) is 21.5. The van der Waals surface area contributed by atoms with Crippen molar-refractivity contribution >= 4 is 140 Å². The Kier molecular flexibility index (Phi) is 29.1. The van der Waals surface area contributed by atoms with Crippen LogP contribution in [0.4, 0.5) is 0 Å². The molecule has 21 nitrogen and oxygen atoms in total. The number of Topliss-reactive ketones (excluding diaryl/α,β-unsaturated/α-hetero) is 1. The van der Waals surface area contributed by atoms with Gasteiger partial charge in [0, 0.05) is 122 Å². The number of fused-ring (bicyclic) bond motifs is 13. The molecule has 0 amide bonds. The topological polar surface area (TPSA) is 302 Å². The molecule has 3 atom stereocenters. The first-order valence-electron chi connectivity index (χ1n) is 30.6. The Labute approximate surface area is 581 Å². The maximum Gasteiger partial charge on any atom is 0.375 e. The lowest BCUT2D eigenvalue weighted by molar-refractivity contribution is -0.150. The number of aromatic amines is 5. The van der Waals surface area contributed by atoms with Crippen LogP contribution in [0.5, 0.6) is 0 Å². The lowest BCUT2D eigenvalue weighted by Gasteiger charge is -2.34. The summed E-state index contributed by atoms with van der Waals surface area (Å²) < 4.78 is 23.5. The molecular weight excluding hydrogens is 1380 g/mol. The molecule has 5 aromatic carbocycles. The van der Waals surface area contributed by atoms with E-state index in [-0.39, 0.29) is 68.6 Å². The van der Waals surface area contributed by atoms with Gasteiger partial charge in [-0.1, -0.05) is 138 Å². The summed E-state index contributed by atoms with van der Waals surface area (Å²) in [5, 5.41) is 19.6. The van der Waals surface area contributed by atoms with E-state index in [2.05, 4.69) is 137 Å². The first kappa shape index (κ1) is 76.5. The van der Waals surface area contributed by atoms with Gasteiger partial charge in [0.05, 0.1) is 46.6 Å². The van der Waals surface area contributed by atoms with Crippen molar-refractivity contribution in [3.05, 3.63) is 184 Å². The number of carbonyl (C=O) groups is 6. The summed E-state index contributed by atoms with van der Waals surface area (Å²) in [7, 11) is 6.85. The van der Waals surface area contributed by atoms with E-state index < -0.39 is 17.3 Å². The number of hydrogen-bond acceptors (Lipinski definition) is 16. The van der Waals surface area contributed by atoms with Crippen molar-refractivity contribution in [2.24, 2.45) is 5.73 Å². The Morgan fingerprint density at radius 2 is 0.990 bits per heavy atom. The number of esters is 5. The zero-order valence-corrected chi connectivity index (χ0v) is 57.0. The van der Waals surface area contributed by atoms with Gasteiger partial charge in [0.1, 0.15) is 17.8 Å². The minimum absolute atomic E-state index is 0. The van der Waals surface area contributed by atoms with E-state index in [0.29, 0.717) is 30.4 Å². The Balaban J connectivity index is 0.000000184. The van der Waals surface area contributed by atoms with E-state index in [1.54, 1.807) is 0 Å². The van der Waals surface area contributed by atoms with Gasteiger partial charge in [0.25, 0.3) is 0 Å². The van der Waals surface area contributed by atoms with Gasteiger partial charge < -0.3 is 70.3 Å². The highest BCUT2D eigenvalue weighted by Gasteiger charge is 2.45. The molecule has 4 aliphatic rings. The molecule has 9 heterocycles. The van der Waals surface area contributed by atoms with Gasteiger partial charge in [-0.3, -0.25) is 19.7 Å². The summed E-state index contributed by atoms with van der Waals surface area (Å²) in [6.07, 6.45) is 9.81. The molecule has 0 bridgehead atoms. The molecule has 24 heteroatoms. The van der Waals surface area contributed by atoms with Crippen LogP contribution < -0.4 is 27.0 Å². The fourth-order valence-corrected chi connectivity index (χ4v) is 13.1. The van der Waals surface area contributed by atoms with E-state index in [9.17, 15) is 28.8 Å².